The number of benzene rings is 1. The van der Waals surface area contributed by atoms with E-state index >= 15 is 0 Å². The van der Waals surface area contributed by atoms with Gasteiger partial charge in [-0.15, -0.1) is 0 Å². The van der Waals surface area contributed by atoms with Gasteiger partial charge in [-0.3, -0.25) is 4.90 Å². The lowest BCUT2D eigenvalue weighted by Crippen LogP contribution is -2.58. The van der Waals surface area contributed by atoms with Crippen LogP contribution < -0.4 is 0 Å². The topological polar surface area (TPSA) is 23.5 Å². The van der Waals surface area contributed by atoms with E-state index in [1.54, 1.807) is 0 Å². The maximum Gasteiger partial charge on any atom is 0.0628 e. The minimum Gasteiger partial charge on any atom is -0.394 e. The molecule has 1 aliphatic heterocycles. The van der Waals surface area contributed by atoms with Crippen molar-refractivity contribution in [2.75, 3.05) is 19.7 Å². The summed E-state index contributed by atoms with van der Waals surface area (Å²) in [6, 6.07) is 10.6. The predicted octanol–water partition coefficient (Wildman–Crippen LogP) is 2.99. The molecule has 1 atom stereocenters. The number of likely N-dealkylation sites (tertiary alicyclic amines) is 1. The Bertz CT molecular complexity index is 375. The molecule has 1 aromatic carbocycles. The minimum absolute atomic E-state index is 0.207. The predicted molar refractivity (Wildman–Crippen MR) is 73.4 cm³/mol. The maximum atomic E-state index is 9.66. The van der Waals surface area contributed by atoms with Gasteiger partial charge in [-0.05, 0) is 23.8 Å². The summed E-state index contributed by atoms with van der Waals surface area (Å²) in [5.41, 5.74) is 1.85. The van der Waals surface area contributed by atoms with Gasteiger partial charge in [0.2, 0.25) is 0 Å². The van der Waals surface area contributed by atoms with E-state index in [0.29, 0.717) is 5.41 Å². The van der Waals surface area contributed by atoms with Crippen LogP contribution in [0.3, 0.4) is 0 Å². The van der Waals surface area contributed by atoms with Crippen LogP contribution in [0.15, 0.2) is 30.3 Å². The maximum absolute atomic E-state index is 9.66. The van der Waals surface area contributed by atoms with E-state index in [-0.39, 0.29) is 12.6 Å². The Morgan fingerprint density at radius 2 is 1.72 bits per heavy atom. The molecule has 2 fully saturated rings. The molecule has 1 unspecified atom stereocenters. The number of hydrogen-bond donors (Lipinski definition) is 1. The highest BCUT2D eigenvalue weighted by molar-refractivity contribution is 5.20. The van der Waals surface area contributed by atoms with E-state index < -0.39 is 0 Å². The summed E-state index contributed by atoms with van der Waals surface area (Å²) in [6.45, 7) is 2.61. The van der Waals surface area contributed by atoms with Gasteiger partial charge in [0.05, 0.1) is 12.6 Å². The van der Waals surface area contributed by atoms with Gasteiger partial charge in [-0.2, -0.15) is 0 Å². The molecule has 1 spiro atoms. The van der Waals surface area contributed by atoms with E-state index in [0.717, 1.165) is 0 Å². The van der Waals surface area contributed by atoms with Crippen LogP contribution in [-0.4, -0.2) is 29.7 Å². The second-order valence-corrected chi connectivity index (χ2v) is 6.07. The quantitative estimate of drug-likeness (QED) is 0.885. The standard InChI is InChI=1S/C16H23NO/c18-11-15(14-7-3-1-4-8-14)17-12-16(13-17)9-5-2-6-10-16/h1,3-4,7-8,15,18H,2,5-6,9-13H2. The van der Waals surface area contributed by atoms with E-state index in [1.165, 1.54) is 50.8 Å². The highest BCUT2D eigenvalue weighted by Gasteiger charge is 2.45. The highest BCUT2D eigenvalue weighted by atomic mass is 16.3. The number of rotatable bonds is 3. The first-order valence-corrected chi connectivity index (χ1v) is 7.23. The van der Waals surface area contributed by atoms with Crippen molar-refractivity contribution in [1.29, 1.82) is 0 Å². The Kier molecular flexibility index (Phi) is 3.40. The van der Waals surface area contributed by atoms with Gasteiger partial charge in [-0.25, -0.2) is 0 Å². The Hall–Kier alpha value is -0.860. The van der Waals surface area contributed by atoms with Gasteiger partial charge in [0.1, 0.15) is 0 Å². The summed E-state index contributed by atoms with van der Waals surface area (Å²) in [7, 11) is 0. The SMILES string of the molecule is OCC(c1ccccc1)N1CC2(CCCCC2)C1. The van der Waals surface area contributed by atoms with Crippen LogP contribution in [0.4, 0.5) is 0 Å². The van der Waals surface area contributed by atoms with Crippen LogP contribution in [-0.2, 0) is 0 Å². The number of nitrogens with zero attached hydrogens (tertiary/aromatic N) is 1. The van der Waals surface area contributed by atoms with Crippen LogP contribution in [0.25, 0.3) is 0 Å². The molecule has 1 saturated heterocycles. The normalized spacial score (nSPS) is 24.7. The van der Waals surface area contributed by atoms with Crippen LogP contribution >= 0.6 is 0 Å². The molecular formula is C16H23NO. The van der Waals surface area contributed by atoms with Crippen LogP contribution in [0.1, 0.15) is 43.7 Å². The smallest absolute Gasteiger partial charge is 0.0628 e. The van der Waals surface area contributed by atoms with Gasteiger partial charge in [-0.1, -0.05) is 49.6 Å². The lowest BCUT2D eigenvalue weighted by molar-refractivity contribution is -0.0676. The van der Waals surface area contributed by atoms with Gasteiger partial charge in [0.25, 0.3) is 0 Å². The molecule has 0 bridgehead atoms. The summed E-state index contributed by atoms with van der Waals surface area (Å²) in [5.74, 6) is 0. The summed E-state index contributed by atoms with van der Waals surface area (Å²) < 4.78 is 0. The molecule has 3 rings (SSSR count). The van der Waals surface area contributed by atoms with E-state index in [4.69, 9.17) is 0 Å². The van der Waals surface area contributed by atoms with Crippen LogP contribution in [0.5, 0.6) is 0 Å². The molecule has 1 aliphatic carbocycles. The van der Waals surface area contributed by atoms with Crippen molar-refractivity contribution in [1.82, 2.24) is 4.90 Å². The number of aliphatic hydroxyl groups excluding tert-OH is 1. The first-order chi connectivity index (χ1) is 8.83. The molecule has 18 heavy (non-hydrogen) atoms. The summed E-state index contributed by atoms with van der Waals surface area (Å²) in [6.07, 6.45) is 7.03. The Balaban J connectivity index is 1.65. The van der Waals surface area contributed by atoms with Crippen molar-refractivity contribution in [2.24, 2.45) is 5.41 Å². The lowest BCUT2D eigenvalue weighted by Gasteiger charge is -2.55. The van der Waals surface area contributed by atoms with Gasteiger partial charge >= 0.3 is 0 Å². The van der Waals surface area contributed by atoms with Gasteiger partial charge in [0, 0.05) is 13.1 Å². The molecule has 0 aromatic heterocycles. The number of hydrogen-bond acceptors (Lipinski definition) is 2. The molecule has 1 aromatic rings. The minimum atomic E-state index is 0.207. The molecular weight excluding hydrogens is 222 g/mol. The fourth-order valence-corrected chi connectivity index (χ4v) is 3.76. The third-order valence-electron chi connectivity index (χ3n) is 4.79. The zero-order valence-corrected chi connectivity index (χ0v) is 11.0. The Morgan fingerprint density at radius 3 is 2.33 bits per heavy atom. The van der Waals surface area contributed by atoms with Crippen molar-refractivity contribution >= 4 is 0 Å². The van der Waals surface area contributed by atoms with E-state index in [2.05, 4.69) is 29.2 Å². The highest BCUT2D eigenvalue weighted by Crippen LogP contribution is 2.46. The van der Waals surface area contributed by atoms with E-state index in [9.17, 15) is 5.11 Å². The monoisotopic (exact) mass is 245 g/mol. The number of aliphatic hydroxyl groups is 1. The lowest BCUT2D eigenvalue weighted by atomic mass is 9.68. The molecule has 0 amide bonds. The zero-order chi connectivity index (χ0) is 12.4. The molecule has 2 aliphatic rings. The molecule has 0 radical (unpaired) electrons. The molecule has 98 valence electrons. The third kappa shape index (κ3) is 2.19. The van der Waals surface area contributed by atoms with Crippen molar-refractivity contribution in [3.63, 3.8) is 0 Å². The van der Waals surface area contributed by atoms with Crippen LogP contribution in [0, 0.1) is 5.41 Å². The Labute approximate surface area is 110 Å². The fraction of sp³-hybridized carbons (Fsp3) is 0.625. The first kappa shape index (κ1) is 12.2. The molecule has 2 nitrogen and oxygen atoms in total. The van der Waals surface area contributed by atoms with Crippen molar-refractivity contribution in [3.8, 4) is 0 Å². The summed E-state index contributed by atoms with van der Waals surface area (Å²) in [5, 5.41) is 9.66. The first-order valence-electron chi connectivity index (χ1n) is 7.23. The van der Waals surface area contributed by atoms with Crippen molar-refractivity contribution < 1.29 is 5.11 Å². The molecule has 2 heteroatoms. The third-order valence-corrected chi connectivity index (χ3v) is 4.79. The fourth-order valence-electron chi connectivity index (χ4n) is 3.76. The molecule has 1 heterocycles. The largest absolute Gasteiger partial charge is 0.394 e. The second kappa shape index (κ2) is 5.02. The Morgan fingerprint density at radius 1 is 1.06 bits per heavy atom. The summed E-state index contributed by atoms with van der Waals surface area (Å²) in [4.78, 5) is 2.46. The van der Waals surface area contributed by atoms with Crippen molar-refractivity contribution in [2.45, 2.75) is 38.1 Å². The second-order valence-electron chi connectivity index (χ2n) is 6.07. The van der Waals surface area contributed by atoms with Crippen molar-refractivity contribution in [3.05, 3.63) is 35.9 Å². The average Bonchev–Trinajstić information content (AvgIpc) is 2.40. The van der Waals surface area contributed by atoms with Gasteiger partial charge < -0.3 is 5.11 Å². The molecule has 1 N–H and O–H groups in total. The zero-order valence-electron chi connectivity index (χ0n) is 11.0. The van der Waals surface area contributed by atoms with Gasteiger partial charge in [0.15, 0.2) is 0 Å². The summed E-state index contributed by atoms with van der Waals surface area (Å²) >= 11 is 0. The van der Waals surface area contributed by atoms with E-state index in [1.807, 2.05) is 6.07 Å². The van der Waals surface area contributed by atoms with Crippen LogP contribution in [0.2, 0.25) is 0 Å². The molecule has 1 saturated carbocycles. The average molecular weight is 245 g/mol.